The van der Waals surface area contributed by atoms with Crippen molar-refractivity contribution < 1.29 is 4.79 Å². The average molecular weight is 283 g/mol. The molecule has 0 radical (unpaired) electrons. The van der Waals surface area contributed by atoms with E-state index in [2.05, 4.69) is 33.2 Å². The molecule has 1 heterocycles. The monoisotopic (exact) mass is 282 g/mol. The molecule has 1 aromatic carbocycles. The molecule has 1 aliphatic heterocycles. The molecule has 0 saturated carbocycles. The van der Waals surface area contributed by atoms with E-state index in [-0.39, 0.29) is 5.91 Å². The van der Waals surface area contributed by atoms with Crippen LogP contribution >= 0.6 is 15.9 Å². The number of carbonyl (C=O) groups is 1. The van der Waals surface area contributed by atoms with Gasteiger partial charge in [0, 0.05) is 30.2 Å². The third-order valence-electron chi connectivity index (χ3n) is 2.86. The summed E-state index contributed by atoms with van der Waals surface area (Å²) in [4.78, 5) is 13.4. The summed E-state index contributed by atoms with van der Waals surface area (Å²) in [6.07, 6.45) is 1.03. The van der Waals surface area contributed by atoms with Crippen LogP contribution in [0, 0.1) is 0 Å². The summed E-state index contributed by atoms with van der Waals surface area (Å²) in [6, 6.07) is 3.97. The number of anilines is 1. The summed E-state index contributed by atoms with van der Waals surface area (Å²) in [6.45, 7) is 3.50. The molecule has 1 aliphatic rings. The van der Waals surface area contributed by atoms with Crippen LogP contribution in [0.25, 0.3) is 0 Å². The molecule has 3 nitrogen and oxygen atoms in total. The van der Waals surface area contributed by atoms with Gasteiger partial charge in [-0.3, -0.25) is 4.79 Å². The number of fused-ring (bicyclic) bond motifs is 1. The Morgan fingerprint density at radius 1 is 1.44 bits per heavy atom. The minimum Gasteiger partial charge on any atom is -0.326 e. The summed E-state index contributed by atoms with van der Waals surface area (Å²) in [5, 5.41) is 2.89. The predicted molar refractivity (Wildman–Crippen MR) is 68.5 cm³/mol. The largest absolute Gasteiger partial charge is 0.326 e. The van der Waals surface area contributed by atoms with Gasteiger partial charge in [-0.2, -0.15) is 0 Å². The van der Waals surface area contributed by atoms with Crippen LogP contribution in [-0.4, -0.2) is 24.4 Å². The van der Waals surface area contributed by atoms with Gasteiger partial charge in [0.25, 0.3) is 0 Å². The number of nitrogens with zero attached hydrogens (tertiary/aromatic N) is 1. The first-order valence-corrected chi connectivity index (χ1v) is 6.13. The Bertz CT molecular complexity index is 431. The Labute approximate surface area is 104 Å². The van der Waals surface area contributed by atoms with Gasteiger partial charge in [-0.1, -0.05) is 15.9 Å². The molecule has 4 heteroatoms. The second-order valence-electron chi connectivity index (χ2n) is 4.22. The first kappa shape index (κ1) is 11.6. The Balaban J connectivity index is 2.43. The summed E-state index contributed by atoms with van der Waals surface area (Å²) in [5.41, 5.74) is 3.50. The van der Waals surface area contributed by atoms with Crippen molar-refractivity contribution in [3.63, 3.8) is 0 Å². The Morgan fingerprint density at radius 2 is 2.19 bits per heavy atom. The van der Waals surface area contributed by atoms with E-state index >= 15 is 0 Å². The van der Waals surface area contributed by atoms with Gasteiger partial charge in [-0.25, -0.2) is 0 Å². The fourth-order valence-electron chi connectivity index (χ4n) is 2.07. The van der Waals surface area contributed by atoms with Gasteiger partial charge >= 0.3 is 0 Å². The lowest BCUT2D eigenvalue weighted by Crippen LogP contribution is -2.28. The minimum atomic E-state index is -0.0160. The zero-order valence-electron chi connectivity index (χ0n) is 9.51. The molecular weight excluding hydrogens is 268 g/mol. The molecular formula is C12H15BrN2O. The van der Waals surface area contributed by atoms with Crippen molar-refractivity contribution in [1.29, 1.82) is 0 Å². The summed E-state index contributed by atoms with van der Waals surface area (Å²) >= 11 is 3.57. The standard InChI is InChI=1S/C12H15BrN2O/c1-8(16)14-12-4-3-11(13)9-5-6-15(2)7-10(9)12/h3-4H,5-7H2,1-2H3,(H,14,16). The number of rotatable bonds is 1. The van der Waals surface area contributed by atoms with Crippen LogP contribution in [0.4, 0.5) is 5.69 Å². The van der Waals surface area contributed by atoms with Gasteiger partial charge in [0.1, 0.15) is 0 Å². The van der Waals surface area contributed by atoms with Crippen molar-refractivity contribution in [3.05, 3.63) is 27.7 Å². The van der Waals surface area contributed by atoms with Gasteiger partial charge in [0.15, 0.2) is 0 Å². The molecule has 86 valence electrons. The lowest BCUT2D eigenvalue weighted by molar-refractivity contribution is -0.114. The van der Waals surface area contributed by atoms with Crippen molar-refractivity contribution in [1.82, 2.24) is 4.90 Å². The van der Waals surface area contributed by atoms with E-state index in [1.165, 1.54) is 11.1 Å². The van der Waals surface area contributed by atoms with Crippen LogP contribution in [-0.2, 0) is 17.8 Å². The fourth-order valence-corrected chi connectivity index (χ4v) is 2.64. The number of likely N-dealkylation sites (N-methyl/N-ethyl adjacent to an activating group) is 1. The molecule has 0 unspecified atom stereocenters. The fraction of sp³-hybridized carbons (Fsp3) is 0.417. The van der Waals surface area contributed by atoms with Crippen LogP contribution in [0.1, 0.15) is 18.1 Å². The topological polar surface area (TPSA) is 32.3 Å². The summed E-state index contributed by atoms with van der Waals surface area (Å²) < 4.78 is 1.14. The first-order chi connectivity index (χ1) is 7.58. The lowest BCUT2D eigenvalue weighted by atomic mass is 9.98. The van der Waals surface area contributed by atoms with E-state index in [1.807, 2.05) is 12.1 Å². The van der Waals surface area contributed by atoms with Crippen molar-refractivity contribution in [2.45, 2.75) is 19.9 Å². The number of amides is 1. The highest BCUT2D eigenvalue weighted by atomic mass is 79.9. The highest BCUT2D eigenvalue weighted by molar-refractivity contribution is 9.10. The van der Waals surface area contributed by atoms with Crippen LogP contribution in [0.3, 0.4) is 0 Å². The molecule has 0 aromatic heterocycles. The van der Waals surface area contributed by atoms with E-state index in [1.54, 1.807) is 6.92 Å². The molecule has 0 saturated heterocycles. The number of hydrogen-bond donors (Lipinski definition) is 1. The molecule has 1 N–H and O–H groups in total. The molecule has 0 bridgehead atoms. The maximum atomic E-state index is 11.1. The first-order valence-electron chi connectivity index (χ1n) is 5.34. The van der Waals surface area contributed by atoms with Gasteiger partial charge in [0.2, 0.25) is 5.91 Å². The van der Waals surface area contributed by atoms with Crippen molar-refractivity contribution >= 4 is 27.5 Å². The van der Waals surface area contributed by atoms with E-state index in [0.29, 0.717) is 0 Å². The summed E-state index contributed by atoms with van der Waals surface area (Å²) in [7, 11) is 2.10. The predicted octanol–water partition coefficient (Wildman–Crippen LogP) is 2.40. The molecule has 0 fully saturated rings. The normalized spacial score (nSPS) is 15.7. The molecule has 1 aromatic rings. The highest BCUT2D eigenvalue weighted by Crippen LogP contribution is 2.31. The van der Waals surface area contributed by atoms with E-state index in [4.69, 9.17) is 0 Å². The SMILES string of the molecule is CC(=O)Nc1ccc(Br)c2c1CN(C)CC2. The zero-order valence-corrected chi connectivity index (χ0v) is 11.1. The minimum absolute atomic E-state index is 0.0160. The number of carbonyl (C=O) groups excluding carboxylic acids is 1. The van der Waals surface area contributed by atoms with Crippen LogP contribution in [0.5, 0.6) is 0 Å². The lowest BCUT2D eigenvalue weighted by Gasteiger charge is -2.27. The molecule has 2 rings (SSSR count). The molecule has 0 atom stereocenters. The quantitative estimate of drug-likeness (QED) is 0.858. The van der Waals surface area contributed by atoms with Crippen LogP contribution in [0.2, 0.25) is 0 Å². The second kappa shape index (κ2) is 4.55. The Kier molecular flexibility index (Phi) is 3.30. The van der Waals surface area contributed by atoms with E-state index in [9.17, 15) is 4.79 Å². The van der Waals surface area contributed by atoms with Crippen LogP contribution < -0.4 is 5.32 Å². The number of hydrogen-bond acceptors (Lipinski definition) is 2. The van der Waals surface area contributed by atoms with E-state index < -0.39 is 0 Å². The Hall–Kier alpha value is -0.870. The van der Waals surface area contributed by atoms with Crippen LogP contribution in [0.15, 0.2) is 16.6 Å². The summed E-state index contributed by atoms with van der Waals surface area (Å²) in [5.74, 6) is -0.0160. The van der Waals surface area contributed by atoms with Gasteiger partial charge < -0.3 is 10.2 Å². The van der Waals surface area contributed by atoms with Crippen molar-refractivity contribution in [2.75, 3.05) is 18.9 Å². The number of benzene rings is 1. The number of halogens is 1. The molecule has 0 aliphatic carbocycles. The van der Waals surface area contributed by atoms with Crippen molar-refractivity contribution in [3.8, 4) is 0 Å². The third kappa shape index (κ3) is 2.28. The smallest absolute Gasteiger partial charge is 0.221 e. The second-order valence-corrected chi connectivity index (χ2v) is 5.08. The maximum absolute atomic E-state index is 11.1. The van der Waals surface area contributed by atoms with Gasteiger partial charge in [0.05, 0.1) is 0 Å². The Morgan fingerprint density at radius 3 is 2.88 bits per heavy atom. The maximum Gasteiger partial charge on any atom is 0.221 e. The van der Waals surface area contributed by atoms with Gasteiger partial charge in [-0.05, 0) is 36.7 Å². The molecule has 16 heavy (non-hydrogen) atoms. The molecule has 1 amide bonds. The van der Waals surface area contributed by atoms with E-state index in [0.717, 1.165) is 29.7 Å². The van der Waals surface area contributed by atoms with Gasteiger partial charge in [-0.15, -0.1) is 0 Å². The third-order valence-corrected chi connectivity index (χ3v) is 3.60. The molecule has 0 spiro atoms. The van der Waals surface area contributed by atoms with Crippen molar-refractivity contribution in [2.24, 2.45) is 0 Å². The highest BCUT2D eigenvalue weighted by Gasteiger charge is 2.19. The zero-order chi connectivity index (χ0) is 11.7. The average Bonchev–Trinajstić information content (AvgIpc) is 2.22. The number of nitrogens with one attached hydrogen (secondary N) is 1.